The summed E-state index contributed by atoms with van der Waals surface area (Å²) < 4.78 is 0. The molecule has 0 unspecified atom stereocenters. The summed E-state index contributed by atoms with van der Waals surface area (Å²) >= 11 is 5.50. The number of rotatable bonds is 5. The molecule has 0 fully saturated rings. The van der Waals surface area contributed by atoms with E-state index in [0.717, 1.165) is 12.1 Å². The van der Waals surface area contributed by atoms with Gasteiger partial charge in [-0.3, -0.25) is 20.2 Å². The first kappa shape index (κ1) is 15.2. The predicted molar refractivity (Wildman–Crippen MR) is 70.9 cm³/mol. The Morgan fingerprint density at radius 3 is 2.18 bits per heavy atom. The van der Waals surface area contributed by atoms with Crippen LogP contribution in [0.4, 0.5) is 17.2 Å². The molecule has 0 aliphatic heterocycles. The molecule has 2 aromatic rings. The van der Waals surface area contributed by atoms with Gasteiger partial charge >= 0.3 is 11.5 Å². The molecule has 0 saturated heterocycles. The van der Waals surface area contributed by atoms with Crippen molar-refractivity contribution in [2.45, 2.75) is 5.88 Å². The lowest BCUT2D eigenvalue weighted by Gasteiger charge is -1.98. The van der Waals surface area contributed by atoms with Gasteiger partial charge in [-0.1, -0.05) is 0 Å². The van der Waals surface area contributed by atoms with Gasteiger partial charge in [0, 0.05) is 6.07 Å². The highest BCUT2D eigenvalue weighted by Gasteiger charge is 2.28. The topological polar surface area (TPSA) is 160 Å². The van der Waals surface area contributed by atoms with E-state index in [1.54, 1.807) is 0 Å². The predicted octanol–water partition coefficient (Wildman–Crippen LogP) is 1.73. The molecule has 0 saturated carbocycles. The van der Waals surface area contributed by atoms with E-state index in [4.69, 9.17) is 11.6 Å². The molecular formula is C9H5ClN6O6. The van der Waals surface area contributed by atoms with E-state index in [-0.39, 0.29) is 17.3 Å². The number of nitro groups is 3. The number of non-ortho nitro benzene ring substituents is 1. The second-order valence-electron chi connectivity index (χ2n) is 3.84. The summed E-state index contributed by atoms with van der Waals surface area (Å²) in [4.78, 5) is 30.6. The highest BCUT2D eigenvalue weighted by Crippen LogP contribution is 2.28. The zero-order chi connectivity index (χ0) is 16.4. The van der Waals surface area contributed by atoms with Gasteiger partial charge in [-0.15, -0.1) is 16.7 Å². The fraction of sp³-hybridized carbons (Fsp3) is 0.111. The van der Waals surface area contributed by atoms with Crippen LogP contribution in [0.15, 0.2) is 18.2 Å². The first-order valence-corrected chi connectivity index (χ1v) is 5.98. The summed E-state index contributed by atoms with van der Waals surface area (Å²) in [6.07, 6.45) is 0. The highest BCUT2D eigenvalue weighted by atomic mass is 35.5. The summed E-state index contributed by atoms with van der Waals surface area (Å²) in [7, 11) is 0. The molecule has 114 valence electrons. The van der Waals surface area contributed by atoms with E-state index in [0.29, 0.717) is 10.9 Å². The lowest BCUT2D eigenvalue weighted by atomic mass is 10.2. The number of aromatic nitrogens is 3. The van der Waals surface area contributed by atoms with Gasteiger partial charge < -0.3 is 10.1 Å². The number of nitro benzene ring substituents is 2. The number of halogens is 1. The number of alkyl halides is 1. The van der Waals surface area contributed by atoms with Gasteiger partial charge in [-0.25, -0.2) is 0 Å². The fourth-order valence-electron chi connectivity index (χ4n) is 1.61. The quantitative estimate of drug-likeness (QED) is 0.455. The molecule has 0 amide bonds. The second-order valence-corrected chi connectivity index (χ2v) is 4.10. The van der Waals surface area contributed by atoms with Crippen molar-refractivity contribution >= 4 is 28.8 Å². The third-order valence-corrected chi connectivity index (χ3v) is 2.80. The summed E-state index contributed by atoms with van der Waals surface area (Å²) in [6.45, 7) is 0. The Bertz CT molecular complexity index is 789. The molecule has 2 rings (SSSR count). The summed E-state index contributed by atoms with van der Waals surface area (Å²) in [5.41, 5.74) is -1.61. The maximum Gasteiger partial charge on any atom is 0.415 e. The van der Waals surface area contributed by atoms with Crippen molar-refractivity contribution in [1.29, 1.82) is 0 Å². The lowest BCUT2D eigenvalue weighted by Crippen LogP contribution is -2.04. The lowest BCUT2D eigenvalue weighted by molar-refractivity contribution is -0.394. The van der Waals surface area contributed by atoms with Crippen molar-refractivity contribution in [3.05, 3.63) is 54.2 Å². The van der Waals surface area contributed by atoms with Crippen molar-refractivity contribution in [2.75, 3.05) is 0 Å². The molecule has 1 aromatic carbocycles. The van der Waals surface area contributed by atoms with Gasteiger partial charge in [0.05, 0.1) is 26.9 Å². The van der Waals surface area contributed by atoms with Gasteiger partial charge in [-0.05, 0) is 15.8 Å². The number of nitrogens with zero attached hydrogens (tertiary/aromatic N) is 6. The highest BCUT2D eigenvalue weighted by molar-refractivity contribution is 6.17. The van der Waals surface area contributed by atoms with E-state index in [2.05, 4.69) is 10.2 Å². The third kappa shape index (κ3) is 2.67. The summed E-state index contributed by atoms with van der Waals surface area (Å²) in [6, 6.07) is 2.74. The molecule has 1 heterocycles. The number of hydrogen-bond acceptors (Lipinski definition) is 8. The Kier molecular flexibility index (Phi) is 3.94. The molecule has 0 aliphatic carbocycles. The van der Waals surface area contributed by atoms with Crippen molar-refractivity contribution in [3.63, 3.8) is 0 Å². The maximum atomic E-state index is 11.0. The van der Waals surface area contributed by atoms with E-state index >= 15 is 0 Å². The average Bonchev–Trinajstić information content (AvgIpc) is 2.90. The van der Waals surface area contributed by atoms with E-state index in [1.165, 1.54) is 0 Å². The van der Waals surface area contributed by atoms with Crippen molar-refractivity contribution in [2.24, 2.45) is 0 Å². The van der Waals surface area contributed by atoms with Crippen LogP contribution in [0, 0.1) is 30.3 Å². The minimum Gasteiger partial charge on any atom is -0.358 e. The number of hydrogen-bond donors (Lipinski definition) is 0. The molecule has 0 bridgehead atoms. The average molecular weight is 329 g/mol. The van der Waals surface area contributed by atoms with E-state index < -0.39 is 32.0 Å². The van der Waals surface area contributed by atoms with Gasteiger partial charge in [0.25, 0.3) is 5.69 Å². The van der Waals surface area contributed by atoms with Crippen molar-refractivity contribution in [3.8, 4) is 5.69 Å². The Hall–Kier alpha value is -3.15. The smallest absolute Gasteiger partial charge is 0.358 e. The monoisotopic (exact) mass is 328 g/mol. The van der Waals surface area contributed by atoms with Gasteiger partial charge in [-0.2, -0.15) is 0 Å². The van der Waals surface area contributed by atoms with Gasteiger partial charge in [0.2, 0.25) is 0 Å². The van der Waals surface area contributed by atoms with Crippen LogP contribution < -0.4 is 0 Å². The Morgan fingerprint density at radius 2 is 1.73 bits per heavy atom. The van der Waals surface area contributed by atoms with Crippen LogP contribution in [0.1, 0.15) is 5.69 Å². The van der Waals surface area contributed by atoms with E-state index in [9.17, 15) is 30.3 Å². The molecule has 0 spiro atoms. The standard InChI is InChI=1S/C9H5ClN6O6/c10-4-6-9(16(21)22)12-13(11-6)7-2-1-5(14(17)18)3-8(7)15(19)20/h1-3H,4H2. The maximum absolute atomic E-state index is 11.0. The zero-order valence-corrected chi connectivity index (χ0v) is 11.2. The first-order valence-electron chi connectivity index (χ1n) is 5.45. The van der Waals surface area contributed by atoms with Crippen LogP contribution in [-0.2, 0) is 5.88 Å². The molecule has 0 atom stereocenters. The summed E-state index contributed by atoms with van der Waals surface area (Å²) in [5.74, 6) is -0.973. The Balaban J connectivity index is 2.64. The normalized spacial score (nSPS) is 10.4. The molecular weight excluding hydrogens is 324 g/mol. The van der Waals surface area contributed by atoms with Crippen molar-refractivity contribution < 1.29 is 14.8 Å². The first-order chi connectivity index (χ1) is 10.3. The van der Waals surface area contributed by atoms with Gasteiger partial charge in [0.1, 0.15) is 0 Å². The van der Waals surface area contributed by atoms with Crippen LogP contribution in [0.3, 0.4) is 0 Å². The minimum atomic E-state index is -0.877. The van der Waals surface area contributed by atoms with Crippen LogP contribution in [0.25, 0.3) is 5.69 Å². The molecule has 0 aliphatic rings. The fourth-order valence-corrected chi connectivity index (χ4v) is 1.78. The molecule has 22 heavy (non-hydrogen) atoms. The summed E-state index contributed by atoms with van der Waals surface area (Å²) in [5, 5.41) is 39.7. The minimum absolute atomic E-state index is 0.181. The molecule has 12 nitrogen and oxygen atoms in total. The van der Waals surface area contributed by atoms with Crippen molar-refractivity contribution in [1.82, 2.24) is 15.0 Å². The van der Waals surface area contributed by atoms with Crippen LogP contribution >= 0.6 is 11.6 Å². The van der Waals surface area contributed by atoms with Crippen LogP contribution in [0.2, 0.25) is 0 Å². The van der Waals surface area contributed by atoms with Crippen LogP contribution in [-0.4, -0.2) is 29.8 Å². The van der Waals surface area contributed by atoms with E-state index in [1.807, 2.05) is 0 Å². The van der Waals surface area contributed by atoms with Crippen LogP contribution in [0.5, 0.6) is 0 Å². The molecule has 0 radical (unpaired) electrons. The zero-order valence-electron chi connectivity index (χ0n) is 10.4. The molecule has 0 N–H and O–H groups in total. The molecule has 1 aromatic heterocycles. The number of benzene rings is 1. The largest absolute Gasteiger partial charge is 0.415 e. The van der Waals surface area contributed by atoms with Gasteiger partial charge in [0.15, 0.2) is 11.4 Å². The Labute approximate surface area is 125 Å². The second kappa shape index (κ2) is 5.69. The third-order valence-electron chi connectivity index (χ3n) is 2.54. The SMILES string of the molecule is O=[N+]([O-])c1ccc(-n2nc(CCl)c([N+](=O)[O-])n2)c([N+](=O)[O-])c1. The Morgan fingerprint density at radius 1 is 1.05 bits per heavy atom. The molecule has 13 heteroatoms.